The first kappa shape index (κ1) is 25.6. The van der Waals surface area contributed by atoms with Crippen LogP contribution in [0.25, 0.3) is 22.2 Å². The molecule has 0 spiro atoms. The van der Waals surface area contributed by atoms with Crippen LogP contribution in [0.1, 0.15) is 34.1 Å². The van der Waals surface area contributed by atoms with Crippen molar-refractivity contribution in [1.29, 1.82) is 0 Å². The maximum Gasteiger partial charge on any atom is 0.422 e. The second kappa shape index (κ2) is 10.0. The Labute approximate surface area is 217 Å². The molecule has 0 radical (unpaired) electrons. The molecule has 1 fully saturated rings. The van der Waals surface area contributed by atoms with E-state index < -0.39 is 18.8 Å². The van der Waals surface area contributed by atoms with Gasteiger partial charge in [0.05, 0.1) is 5.69 Å². The van der Waals surface area contributed by atoms with Crippen molar-refractivity contribution in [1.82, 2.24) is 20.1 Å². The molecule has 0 saturated heterocycles. The largest absolute Gasteiger partial charge is 0.452 e. The summed E-state index contributed by atoms with van der Waals surface area (Å²) < 4.78 is 46.3. The zero-order valence-electron chi connectivity index (χ0n) is 20.1. The van der Waals surface area contributed by atoms with Crippen LogP contribution in [0.5, 0.6) is 0 Å². The van der Waals surface area contributed by atoms with E-state index in [9.17, 15) is 22.8 Å². The fraction of sp³-hybridized carbons (Fsp3) is 0.333. The summed E-state index contributed by atoms with van der Waals surface area (Å²) in [6.07, 6.45) is -1.85. The second-order valence-electron chi connectivity index (χ2n) is 8.86. The van der Waals surface area contributed by atoms with Crippen molar-refractivity contribution in [2.75, 3.05) is 17.2 Å². The molecule has 3 aromatic heterocycles. The predicted molar refractivity (Wildman–Crippen MR) is 132 cm³/mol. The highest BCUT2D eigenvalue weighted by molar-refractivity contribution is 7.17. The number of halogens is 3. The summed E-state index contributed by atoms with van der Waals surface area (Å²) >= 11 is 0.777. The van der Waals surface area contributed by atoms with E-state index in [4.69, 9.17) is 4.52 Å². The van der Waals surface area contributed by atoms with Crippen molar-refractivity contribution >= 4 is 44.9 Å². The maximum absolute atomic E-state index is 12.7. The molecule has 5 rings (SSSR count). The number of nitrogens with one attached hydrogen (secondary N) is 2. The van der Waals surface area contributed by atoms with Gasteiger partial charge in [-0.05, 0) is 37.3 Å². The number of nitrogens with zero attached hydrogens (tertiary/aromatic N) is 4. The summed E-state index contributed by atoms with van der Waals surface area (Å²) in [5.74, 6) is -0.0996. The van der Waals surface area contributed by atoms with Crippen LogP contribution >= 0.6 is 11.3 Å². The molecule has 1 aliphatic carbocycles. The first-order valence-electron chi connectivity index (χ1n) is 11.5. The number of aromatic nitrogens is 4. The number of amides is 1. The fourth-order valence-electron chi connectivity index (χ4n) is 4.04. The lowest BCUT2D eigenvalue weighted by Crippen LogP contribution is -2.42. The fourth-order valence-corrected chi connectivity index (χ4v) is 4.90. The first-order valence-corrected chi connectivity index (χ1v) is 12.4. The summed E-state index contributed by atoms with van der Waals surface area (Å²) in [6, 6.07) is 7.68. The number of anilines is 2. The van der Waals surface area contributed by atoms with Gasteiger partial charge in [0.1, 0.15) is 10.7 Å². The number of rotatable bonds is 7. The van der Waals surface area contributed by atoms with Crippen LogP contribution in [-0.4, -0.2) is 50.8 Å². The number of carbonyl (C=O) groups is 2. The van der Waals surface area contributed by atoms with Gasteiger partial charge < -0.3 is 19.9 Å². The van der Waals surface area contributed by atoms with Gasteiger partial charge in [0.15, 0.2) is 11.7 Å². The summed E-state index contributed by atoms with van der Waals surface area (Å²) in [7, 11) is 0. The van der Waals surface area contributed by atoms with Crippen molar-refractivity contribution < 1.29 is 32.0 Å². The van der Waals surface area contributed by atoms with Gasteiger partial charge in [-0.2, -0.15) is 18.2 Å². The minimum atomic E-state index is -4.63. The van der Waals surface area contributed by atoms with Crippen LogP contribution in [0.2, 0.25) is 0 Å². The number of benzene rings is 1. The van der Waals surface area contributed by atoms with Crippen molar-refractivity contribution in [2.24, 2.45) is 5.92 Å². The van der Waals surface area contributed by atoms with E-state index in [1.54, 1.807) is 13.1 Å². The number of fused-ring (bicyclic) bond motifs is 1. The highest BCUT2D eigenvalue weighted by Gasteiger charge is 2.36. The van der Waals surface area contributed by atoms with Gasteiger partial charge in [0.2, 0.25) is 17.6 Å². The van der Waals surface area contributed by atoms with E-state index in [2.05, 4.69) is 35.5 Å². The number of thiazole rings is 1. The van der Waals surface area contributed by atoms with Gasteiger partial charge in [0.25, 0.3) is 0 Å². The molecule has 2 N–H and O–H groups in total. The smallest absolute Gasteiger partial charge is 0.422 e. The molecule has 14 heteroatoms. The summed E-state index contributed by atoms with van der Waals surface area (Å²) in [6.45, 7) is 1.49. The SMILES string of the molecule is Cc1nc(-c2ccc3ccnc(NC4CC(C(=O)Nc5nc(C)c(C(=O)OCC(F)(F)F)s5)C4)c3c2)no1. The lowest BCUT2D eigenvalue weighted by molar-refractivity contribution is -0.161. The third-order valence-electron chi connectivity index (χ3n) is 5.98. The zero-order valence-corrected chi connectivity index (χ0v) is 20.9. The number of esters is 1. The Kier molecular flexibility index (Phi) is 6.73. The number of hydrogen-bond donors (Lipinski definition) is 2. The molecule has 1 saturated carbocycles. The van der Waals surface area contributed by atoms with Gasteiger partial charge in [-0.3, -0.25) is 4.79 Å². The average Bonchev–Trinajstić information content (AvgIpc) is 3.43. The Balaban J connectivity index is 1.19. The summed E-state index contributed by atoms with van der Waals surface area (Å²) in [5, 5.41) is 12.0. The van der Waals surface area contributed by atoms with Gasteiger partial charge in [-0.25, -0.2) is 14.8 Å². The number of alkyl halides is 3. The summed E-state index contributed by atoms with van der Waals surface area (Å²) in [5.41, 5.74) is 0.972. The molecular weight excluding hydrogens is 525 g/mol. The second-order valence-corrected chi connectivity index (χ2v) is 9.86. The van der Waals surface area contributed by atoms with Crippen molar-refractivity contribution in [2.45, 2.75) is 38.9 Å². The number of carbonyl (C=O) groups excluding carboxylic acids is 2. The molecule has 3 heterocycles. The quantitative estimate of drug-likeness (QED) is 0.310. The molecule has 0 unspecified atom stereocenters. The van der Waals surface area contributed by atoms with Crippen molar-refractivity contribution in [3.63, 3.8) is 0 Å². The normalized spacial score (nSPS) is 17.2. The molecule has 1 amide bonds. The van der Waals surface area contributed by atoms with E-state index in [1.807, 2.05) is 24.3 Å². The van der Waals surface area contributed by atoms with Gasteiger partial charge in [-0.1, -0.05) is 28.6 Å². The zero-order chi connectivity index (χ0) is 27.0. The van der Waals surface area contributed by atoms with E-state index in [0.717, 1.165) is 27.7 Å². The standard InChI is InChI=1S/C24H21F3N6O4S/c1-11-18(22(35)36-10-24(25,26)27)38-23(29-11)32-21(34)15-7-16(8-15)31-20-17-9-14(19-30-12(2)37-33-19)4-3-13(17)5-6-28-20/h3-6,9,15-16H,7-8,10H2,1-2H3,(H,28,31)(H,29,32,34). The average molecular weight is 547 g/mol. The Morgan fingerprint density at radius 2 is 1.97 bits per heavy atom. The number of ether oxygens (including phenoxy) is 1. The number of aryl methyl sites for hydroxylation is 2. The third kappa shape index (κ3) is 5.59. The monoisotopic (exact) mass is 546 g/mol. The van der Waals surface area contributed by atoms with E-state index in [1.165, 1.54) is 6.92 Å². The van der Waals surface area contributed by atoms with Gasteiger partial charge in [0, 0.05) is 36.0 Å². The molecule has 0 bridgehead atoms. The van der Waals surface area contributed by atoms with Crippen LogP contribution in [0.3, 0.4) is 0 Å². The van der Waals surface area contributed by atoms with Crippen LogP contribution in [-0.2, 0) is 9.53 Å². The van der Waals surface area contributed by atoms with Crippen LogP contribution < -0.4 is 10.6 Å². The van der Waals surface area contributed by atoms with Crippen molar-refractivity contribution in [3.8, 4) is 11.4 Å². The molecule has 1 aliphatic rings. The number of hydrogen-bond acceptors (Lipinski definition) is 10. The molecule has 0 atom stereocenters. The Bertz CT molecular complexity index is 1510. The van der Waals surface area contributed by atoms with E-state index in [-0.39, 0.29) is 33.6 Å². The minimum absolute atomic E-state index is 0.00543. The van der Waals surface area contributed by atoms with Gasteiger partial charge in [-0.15, -0.1) is 0 Å². The van der Waals surface area contributed by atoms with Crippen LogP contribution in [0, 0.1) is 19.8 Å². The van der Waals surface area contributed by atoms with E-state index >= 15 is 0 Å². The topological polar surface area (TPSA) is 132 Å². The third-order valence-corrected chi connectivity index (χ3v) is 7.03. The first-order chi connectivity index (χ1) is 18.1. The number of pyridine rings is 1. The van der Waals surface area contributed by atoms with E-state index in [0.29, 0.717) is 30.4 Å². The van der Waals surface area contributed by atoms with Crippen molar-refractivity contribution in [3.05, 3.63) is 46.9 Å². The highest BCUT2D eigenvalue weighted by Crippen LogP contribution is 2.34. The van der Waals surface area contributed by atoms with Gasteiger partial charge >= 0.3 is 12.1 Å². The lowest BCUT2D eigenvalue weighted by Gasteiger charge is -2.35. The lowest BCUT2D eigenvalue weighted by atomic mass is 9.79. The van der Waals surface area contributed by atoms with Crippen LogP contribution in [0.15, 0.2) is 35.0 Å². The Morgan fingerprint density at radius 3 is 2.68 bits per heavy atom. The Hall–Kier alpha value is -4.07. The Morgan fingerprint density at radius 1 is 1.18 bits per heavy atom. The maximum atomic E-state index is 12.7. The molecule has 38 heavy (non-hydrogen) atoms. The molecule has 1 aromatic carbocycles. The molecule has 4 aromatic rings. The molecule has 198 valence electrons. The summed E-state index contributed by atoms with van der Waals surface area (Å²) in [4.78, 5) is 37.3. The van der Waals surface area contributed by atoms with Crippen LogP contribution in [0.4, 0.5) is 24.1 Å². The predicted octanol–water partition coefficient (Wildman–Crippen LogP) is 4.91. The molecule has 10 nitrogen and oxygen atoms in total. The molecular formula is C24H21F3N6O4S. The highest BCUT2D eigenvalue weighted by atomic mass is 32.1. The minimum Gasteiger partial charge on any atom is -0.452 e. The molecule has 0 aliphatic heterocycles.